The van der Waals surface area contributed by atoms with Crippen LogP contribution in [0.5, 0.6) is 0 Å². The molecule has 1 amide bonds. The first kappa shape index (κ1) is 25.5. The van der Waals surface area contributed by atoms with Gasteiger partial charge in [0.1, 0.15) is 0 Å². The zero-order valence-electron chi connectivity index (χ0n) is 18.8. The van der Waals surface area contributed by atoms with E-state index in [1.54, 1.807) is 36.4 Å². The highest BCUT2D eigenvalue weighted by atomic mass is 35.5. The molecule has 2 rings (SSSR count). The normalized spacial score (nSPS) is 12.5. The lowest BCUT2D eigenvalue weighted by atomic mass is 9.81. The lowest BCUT2D eigenvalue weighted by Gasteiger charge is -2.33. The molecule has 0 radical (unpaired) electrons. The third kappa shape index (κ3) is 7.70. The van der Waals surface area contributed by atoms with Crippen molar-refractivity contribution in [3.63, 3.8) is 0 Å². The molecule has 0 bridgehead atoms. The molecule has 170 valence electrons. The molecule has 0 aromatic heterocycles. The van der Waals surface area contributed by atoms with Gasteiger partial charge in [-0.3, -0.25) is 9.10 Å². The molecular weight excluding hydrogens is 455 g/mol. The van der Waals surface area contributed by atoms with E-state index in [-0.39, 0.29) is 28.4 Å². The topological polar surface area (TPSA) is 66.5 Å². The first-order valence-corrected chi connectivity index (χ1v) is 12.5. The van der Waals surface area contributed by atoms with E-state index >= 15 is 0 Å². The zero-order valence-corrected chi connectivity index (χ0v) is 21.1. The molecule has 0 aliphatic carbocycles. The van der Waals surface area contributed by atoms with Crippen molar-refractivity contribution < 1.29 is 13.2 Å². The van der Waals surface area contributed by atoms with Crippen molar-refractivity contribution in [2.45, 2.75) is 53.1 Å². The quantitative estimate of drug-likeness (QED) is 0.531. The van der Waals surface area contributed by atoms with Crippen LogP contribution in [0.25, 0.3) is 0 Å². The number of carbonyl (C=O) groups is 1. The number of nitrogens with one attached hydrogen (secondary N) is 1. The van der Waals surface area contributed by atoms with Crippen molar-refractivity contribution in [2.24, 2.45) is 5.41 Å². The first-order valence-electron chi connectivity index (χ1n) is 9.92. The van der Waals surface area contributed by atoms with Gasteiger partial charge in [0.15, 0.2) is 0 Å². The molecule has 0 aliphatic heterocycles. The van der Waals surface area contributed by atoms with Crippen LogP contribution < -0.4 is 9.62 Å². The molecule has 0 atom stereocenters. The number of hydrogen-bond acceptors (Lipinski definition) is 3. The van der Waals surface area contributed by atoms with Crippen LogP contribution in [-0.4, -0.2) is 26.1 Å². The molecule has 0 unspecified atom stereocenters. The Kier molecular flexibility index (Phi) is 7.72. The minimum atomic E-state index is -3.56. The van der Waals surface area contributed by atoms with E-state index in [1.807, 2.05) is 13.8 Å². The average molecular weight is 485 g/mol. The molecule has 5 nitrogen and oxygen atoms in total. The van der Waals surface area contributed by atoms with Gasteiger partial charge in [-0.15, -0.1) is 0 Å². The number of amides is 1. The van der Waals surface area contributed by atoms with E-state index in [4.69, 9.17) is 23.2 Å². The number of benzene rings is 2. The predicted octanol–water partition coefficient (Wildman–Crippen LogP) is 5.90. The number of anilines is 1. The summed E-state index contributed by atoms with van der Waals surface area (Å²) in [6.07, 6.45) is 1.96. The predicted molar refractivity (Wildman–Crippen MR) is 130 cm³/mol. The van der Waals surface area contributed by atoms with E-state index in [9.17, 15) is 13.2 Å². The number of hydrogen-bond donors (Lipinski definition) is 1. The molecule has 0 fully saturated rings. The van der Waals surface area contributed by atoms with E-state index in [1.165, 1.54) is 10.4 Å². The Morgan fingerprint density at radius 1 is 0.968 bits per heavy atom. The van der Waals surface area contributed by atoms with Crippen LogP contribution in [0, 0.1) is 5.41 Å². The molecular formula is C23H30Cl2N2O3S. The highest BCUT2D eigenvalue weighted by Gasteiger charge is 2.27. The van der Waals surface area contributed by atoms with Gasteiger partial charge in [-0.2, -0.15) is 0 Å². The number of carbonyl (C=O) groups excluding carboxylic acids is 1. The summed E-state index contributed by atoms with van der Waals surface area (Å²) in [6, 6.07) is 11.6. The smallest absolute Gasteiger partial charge is 0.251 e. The maximum atomic E-state index is 12.7. The van der Waals surface area contributed by atoms with E-state index in [2.05, 4.69) is 26.1 Å². The fraction of sp³-hybridized carbons (Fsp3) is 0.435. The molecule has 0 spiro atoms. The highest BCUT2D eigenvalue weighted by molar-refractivity contribution is 7.92. The van der Waals surface area contributed by atoms with Crippen LogP contribution in [0.2, 0.25) is 10.0 Å². The van der Waals surface area contributed by atoms with Gasteiger partial charge >= 0.3 is 0 Å². The molecule has 0 saturated carbocycles. The molecule has 1 N–H and O–H groups in total. The van der Waals surface area contributed by atoms with Gasteiger partial charge in [-0.1, -0.05) is 56.1 Å². The molecule has 0 aliphatic rings. The SMILES string of the molecule is CC(C)(C)CC(C)(C)NC(=O)c1ccc(CN(c2ccc(Cl)c(Cl)c2)S(C)(=O)=O)cc1. The van der Waals surface area contributed by atoms with Gasteiger partial charge in [-0.25, -0.2) is 8.42 Å². The van der Waals surface area contributed by atoms with E-state index in [0.717, 1.165) is 18.2 Å². The van der Waals surface area contributed by atoms with Gasteiger partial charge in [0.25, 0.3) is 5.91 Å². The van der Waals surface area contributed by atoms with Crippen LogP contribution in [-0.2, 0) is 16.6 Å². The van der Waals surface area contributed by atoms with Crippen molar-refractivity contribution >= 4 is 44.8 Å². The Labute approximate surface area is 195 Å². The summed E-state index contributed by atoms with van der Waals surface area (Å²) in [4.78, 5) is 12.7. The second-order valence-corrected chi connectivity index (χ2v) is 12.4. The standard InChI is InChI=1S/C23H30Cl2N2O3S/c1-22(2,3)15-23(4,5)26-21(28)17-9-7-16(8-10-17)14-27(31(6,29)30)18-11-12-19(24)20(25)13-18/h7-13H,14-15H2,1-6H3,(H,26,28). The largest absolute Gasteiger partial charge is 0.347 e. The Hall–Kier alpha value is -1.76. The summed E-state index contributed by atoms with van der Waals surface area (Å²) in [7, 11) is -3.56. The molecule has 0 saturated heterocycles. The fourth-order valence-electron chi connectivity index (χ4n) is 3.72. The third-order valence-electron chi connectivity index (χ3n) is 4.56. The summed E-state index contributed by atoms with van der Waals surface area (Å²) in [5.74, 6) is -0.162. The minimum Gasteiger partial charge on any atom is -0.347 e. The molecule has 2 aromatic carbocycles. The van der Waals surface area contributed by atoms with Crippen molar-refractivity contribution in [1.82, 2.24) is 5.32 Å². The highest BCUT2D eigenvalue weighted by Crippen LogP contribution is 2.30. The van der Waals surface area contributed by atoms with Gasteiger partial charge in [-0.05, 0) is 61.6 Å². The Morgan fingerprint density at radius 3 is 2.03 bits per heavy atom. The van der Waals surface area contributed by atoms with Crippen molar-refractivity contribution in [1.29, 1.82) is 0 Å². The van der Waals surface area contributed by atoms with Crippen LogP contribution in [0.4, 0.5) is 5.69 Å². The molecule has 0 heterocycles. The number of sulfonamides is 1. The minimum absolute atomic E-state index is 0.0836. The summed E-state index contributed by atoms with van der Waals surface area (Å²) in [5.41, 5.74) is 1.41. The van der Waals surface area contributed by atoms with Crippen LogP contribution in [0.3, 0.4) is 0 Å². The summed E-state index contributed by atoms with van der Waals surface area (Å²) < 4.78 is 26.0. The van der Waals surface area contributed by atoms with Crippen molar-refractivity contribution in [3.05, 3.63) is 63.6 Å². The van der Waals surface area contributed by atoms with Crippen LogP contribution >= 0.6 is 23.2 Å². The summed E-state index contributed by atoms with van der Waals surface area (Å²) in [6.45, 7) is 10.5. The first-order chi connectivity index (χ1) is 14.1. The molecule has 8 heteroatoms. The zero-order chi connectivity index (χ0) is 23.6. The van der Waals surface area contributed by atoms with E-state index in [0.29, 0.717) is 16.3 Å². The van der Waals surface area contributed by atoms with Crippen LogP contribution in [0.15, 0.2) is 42.5 Å². The Balaban J connectivity index is 2.19. The third-order valence-corrected chi connectivity index (χ3v) is 6.44. The second kappa shape index (κ2) is 9.39. The van der Waals surface area contributed by atoms with Gasteiger partial charge in [0.05, 0.1) is 28.5 Å². The number of rotatable bonds is 7. The molecule has 2 aromatic rings. The Bertz CT molecular complexity index is 1040. The summed E-state index contributed by atoms with van der Waals surface area (Å²) in [5, 5.41) is 3.70. The summed E-state index contributed by atoms with van der Waals surface area (Å²) >= 11 is 12.0. The Morgan fingerprint density at radius 2 is 1.55 bits per heavy atom. The van der Waals surface area contributed by atoms with Gasteiger partial charge < -0.3 is 5.32 Å². The van der Waals surface area contributed by atoms with Gasteiger partial charge in [0.2, 0.25) is 10.0 Å². The lowest BCUT2D eigenvalue weighted by molar-refractivity contribution is 0.0891. The number of nitrogens with zero attached hydrogens (tertiary/aromatic N) is 1. The maximum absolute atomic E-state index is 12.7. The number of halogens is 2. The molecule has 31 heavy (non-hydrogen) atoms. The van der Waals surface area contributed by atoms with Crippen LogP contribution in [0.1, 0.15) is 57.0 Å². The fourth-order valence-corrected chi connectivity index (χ4v) is 4.89. The lowest BCUT2D eigenvalue weighted by Crippen LogP contribution is -2.45. The monoisotopic (exact) mass is 484 g/mol. The van der Waals surface area contributed by atoms with E-state index < -0.39 is 10.0 Å². The van der Waals surface area contributed by atoms with Gasteiger partial charge in [0, 0.05) is 11.1 Å². The van der Waals surface area contributed by atoms with Crippen molar-refractivity contribution in [3.8, 4) is 0 Å². The second-order valence-electron chi connectivity index (χ2n) is 9.64. The maximum Gasteiger partial charge on any atom is 0.251 e. The average Bonchev–Trinajstić information content (AvgIpc) is 2.59. The van der Waals surface area contributed by atoms with Crippen molar-refractivity contribution in [2.75, 3.05) is 10.6 Å².